The van der Waals surface area contributed by atoms with E-state index in [4.69, 9.17) is 14.2 Å². The van der Waals surface area contributed by atoms with Gasteiger partial charge in [-0.2, -0.15) is 0 Å². The number of carbonyl (C=O) groups is 2. The predicted octanol–water partition coefficient (Wildman–Crippen LogP) is 3.52. The predicted molar refractivity (Wildman–Crippen MR) is 141 cm³/mol. The van der Waals surface area contributed by atoms with Crippen molar-refractivity contribution >= 4 is 22.8 Å². The van der Waals surface area contributed by atoms with Crippen LogP contribution in [-0.4, -0.2) is 49.3 Å². The number of hydrogen-bond acceptors (Lipinski definition) is 7. The zero-order valence-electron chi connectivity index (χ0n) is 21.3. The Balaban J connectivity index is 1.55. The Kier molecular flexibility index (Phi) is 6.93. The molecule has 0 fully saturated rings. The maximum atomic E-state index is 13.7. The van der Waals surface area contributed by atoms with Crippen LogP contribution in [0.25, 0.3) is 10.9 Å². The van der Waals surface area contributed by atoms with E-state index in [9.17, 15) is 14.7 Å². The molecule has 0 saturated carbocycles. The molecule has 4 aromatic rings. The number of para-hydroxylation sites is 1. The van der Waals surface area contributed by atoms with Crippen LogP contribution in [0.2, 0.25) is 0 Å². The average molecular weight is 516 g/mol. The summed E-state index contributed by atoms with van der Waals surface area (Å²) in [6.07, 6.45) is 0.400. The third-order valence-corrected chi connectivity index (χ3v) is 6.92. The molecule has 1 aromatic heterocycles. The number of ether oxygens (including phenoxy) is 3. The zero-order valence-corrected chi connectivity index (χ0v) is 21.3. The molecule has 0 unspecified atom stereocenters. The number of methoxy groups -OCH3 is 3. The highest BCUT2D eigenvalue weighted by atomic mass is 16.5. The molecule has 1 aliphatic heterocycles. The largest absolute Gasteiger partial charge is 0.502 e. The number of amides is 1. The normalized spacial score (nSPS) is 17.3. The molecule has 3 aromatic carbocycles. The summed E-state index contributed by atoms with van der Waals surface area (Å²) in [6, 6.07) is 18.2. The number of nitrogens with one attached hydrogen (secondary N) is 3. The summed E-state index contributed by atoms with van der Waals surface area (Å²) in [5.41, 5.74) is 4.19. The lowest BCUT2D eigenvalue weighted by molar-refractivity contribution is -0.145. The van der Waals surface area contributed by atoms with E-state index in [-0.39, 0.29) is 23.2 Å². The molecule has 0 saturated heterocycles. The van der Waals surface area contributed by atoms with E-state index in [0.717, 1.165) is 27.7 Å². The van der Waals surface area contributed by atoms with E-state index in [1.807, 2.05) is 30.3 Å². The van der Waals surface area contributed by atoms with E-state index < -0.39 is 24.1 Å². The molecule has 3 atom stereocenters. The monoisotopic (exact) mass is 515 g/mol. The second-order valence-electron chi connectivity index (χ2n) is 9.07. The Labute approximate surface area is 219 Å². The lowest BCUT2D eigenvalue weighted by Gasteiger charge is -2.32. The van der Waals surface area contributed by atoms with Crippen LogP contribution in [-0.2, 0) is 20.7 Å². The first kappa shape index (κ1) is 25.2. The summed E-state index contributed by atoms with van der Waals surface area (Å²) in [6.45, 7) is 0. The standard InChI is InChI=1S/C29H29N3O6/c1-36-22-13-17(14-23(37-2)27(22)33)24-26-19(18-11-7-8-12-20(18)30-26)15-21(31-24)28(34)32-25(29(35)38-3)16-9-5-4-6-10-16/h4-14,21,24-25,30-31,33H,15H2,1-3H3,(H,32,34)/t21-,24+,25-/m0/s1. The van der Waals surface area contributed by atoms with E-state index in [2.05, 4.69) is 15.6 Å². The van der Waals surface area contributed by atoms with E-state index in [1.165, 1.54) is 21.3 Å². The highest BCUT2D eigenvalue weighted by molar-refractivity contribution is 5.91. The fourth-order valence-corrected chi connectivity index (χ4v) is 5.03. The molecule has 0 bridgehead atoms. The van der Waals surface area contributed by atoms with Crippen molar-refractivity contribution < 1.29 is 28.9 Å². The number of carbonyl (C=O) groups excluding carboxylic acids is 2. The minimum atomic E-state index is -0.952. The Bertz CT molecular complexity index is 1460. The van der Waals surface area contributed by atoms with Crippen molar-refractivity contribution in [2.45, 2.75) is 24.5 Å². The maximum absolute atomic E-state index is 13.7. The van der Waals surface area contributed by atoms with Gasteiger partial charge in [-0.1, -0.05) is 48.5 Å². The SMILES string of the molecule is COC(=O)[C@@H](NC(=O)[C@@H]1Cc2c([nH]c3ccccc23)[C@@H](c2cc(OC)c(O)c(OC)c2)N1)c1ccccc1. The molecule has 0 aliphatic carbocycles. The number of aromatic nitrogens is 1. The number of phenolic OH excluding ortho intramolecular Hbond substituents is 1. The van der Waals surface area contributed by atoms with E-state index in [0.29, 0.717) is 12.0 Å². The number of rotatable bonds is 7. The van der Waals surface area contributed by atoms with Gasteiger partial charge in [0.1, 0.15) is 0 Å². The number of fused-ring (bicyclic) bond motifs is 3. The summed E-state index contributed by atoms with van der Waals surface area (Å²) in [5.74, 6) is -0.509. The van der Waals surface area contributed by atoms with Gasteiger partial charge < -0.3 is 29.6 Å². The molecule has 2 heterocycles. The minimum absolute atomic E-state index is 0.107. The summed E-state index contributed by atoms with van der Waals surface area (Å²) in [5, 5.41) is 17.8. The van der Waals surface area contributed by atoms with Crippen molar-refractivity contribution in [3.8, 4) is 17.2 Å². The molecule has 9 heteroatoms. The number of benzene rings is 3. The molecule has 196 valence electrons. The van der Waals surface area contributed by atoms with Crippen LogP contribution in [0, 0.1) is 0 Å². The first-order chi connectivity index (χ1) is 18.4. The van der Waals surface area contributed by atoms with Gasteiger partial charge in [0.2, 0.25) is 11.7 Å². The van der Waals surface area contributed by atoms with Gasteiger partial charge >= 0.3 is 5.97 Å². The third-order valence-electron chi connectivity index (χ3n) is 6.92. The molecule has 1 aliphatic rings. The summed E-state index contributed by atoms with van der Waals surface area (Å²) in [4.78, 5) is 29.8. The van der Waals surface area contributed by atoms with Gasteiger partial charge in [-0.15, -0.1) is 0 Å². The van der Waals surface area contributed by atoms with Crippen molar-refractivity contribution in [2.75, 3.05) is 21.3 Å². The first-order valence-electron chi connectivity index (χ1n) is 12.2. The van der Waals surface area contributed by atoms with Gasteiger partial charge in [0.15, 0.2) is 17.5 Å². The Morgan fingerprint density at radius 2 is 1.63 bits per heavy atom. The first-order valence-corrected chi connectivity index (χ1v) is 12.2. The number of phenols is 1. The van der Waals surface area contributed by atoms with E-state index >= 15 is 0 Å². The summed E-state index contributed by atoms with van der Waals surface area (Å²) >= 11 is 0. The highest BCUT2D eigenvalue weighted by Gasteiger charge is 2.36. The lowest BCUT2D eigenvalue weighted by atomic mass is 9.89. The van der Waals surface area contributed by atoms with Gasteiger partial charge in [-0.25, -0.2) is 4.79 Å². The molecule has 5 rings (SSSR count). The van der Waals surface area contributed by atoms with Crippen LogP contribution >= 0.6 is 0 Å². The van der Waals surface area contributed by atoms with Crippen LogP contribution < -0.4 is 20.1 Å². The molecule has 1 amide bonds. The van der Waals surface area contributed by atoms with E-state index in [1.54, 1.807) is 36.4 Å². The quantitative estimate of drug-likeness (QED) is 0.278. The fraction of sp³-hybridized carbons (Fsp3) is 0.241. The number of esters is 1. The number of hydrogen-bond donors (Lipinski definition) is 4. The van der Waals surface area contributed by atoms with Gasteiger partial charge in [0.05, 0.1) is 33.4 Å². The van der Waals surface area contributed by atoms with Crippen molar-refractivity contribution in [2.24, 2.45) is 0 Å². The smallest absolute Gasteiger partial charge is 0.333 e. The molecular weight excluding hydrogens is 486 g/mol. The number of H-pyrrole nitrogens is 1. The third kappa shape index (κ3) is 4.52. The van der Waals surface area contributed by atoms with Gasteiger partial charge in [-0.05, 0) is 41.3 Å². The van der Waals surface area contributed by atoms with Gasteiger partial charge in [-0.3, -0.25) is 10.1 Å². The average Bonchev–Trinajstić information content (AvgIpc) is 3.34. The summed E-state index contributed by atoms with van der Waals surface area (Å²) < 4.78 is 15.7. The van der Waals surface area contributed by atoms with Crippen LogP contribution in [0.5, 0.6) is 17.2 Å². The second-order valence-corrected chi connectivity index (χ2v) is 9.07. The molecule has 0 spiro atoms. The summed E-state index contributed by atoms with van der Waals surface area (Å²) in [7, 11) is 4.23. The molecule has 9 nitrogen and oxygen atoms in total. The van der Waals surface area contributed by atoms with Gasteiger partial charge in [0, 0.05) is 16.6 Å². The second kappa shape index (κ2) is 10.5. The lowest BCUT2D eigenvalue weighted by Crippen LogP contribution is -2.51. The molecular formula is C29H29N3O6. The van der Waals surface area contributed by atoms with Gasteiger partial charge in [0.25, 0.3) is 0 Å². The topological polar surface area (TPSA) is 122 Å². The van der Waals surface area contributed by atoms with Crippen molar-refractivity contribution in [3.63, 3.8) is 0 Å². The van der Waals surface area contributed by atoms with Crippen LogP contribution in [0.4, 0.5) is 0 Å². The Morgan fingerprint density at radius 1 is 0.974 bits per heavy atom. The Morgan fingerprint density at radius 3 is 2.29 bits per heavy atom. The maximum Gasteiger partial charge on any atom is 0.333 e. The van der Waals surface area contributed by atoms with Crippen molar-refractivity contribution in [1.82, 2.24) is 15.6 Å². The molecule has 0 radical (unpaired) electrons. The fourth-order valence-electron chi connectivity index (χ4n) is 5.03. The van der Waals surface area contributed by atoms with Crippen LogP contribution in [0.3, 0.4) is 0 Å². The van der Waals surface area contributed by atoms with Crippen LogP contribution in [0.1, 0.15) is 34.5 Å². The number of aromatic amines is 1. The minimum Gasteiger partial charge on any atom is -0.502 e. The van der Waals surface area contributed by atoms with Crippen molar-refractivity contribution in [1.29, 1.82) is 0 Å². The highest BCUT2D eigenvalue weighted by Crippen LogP contribution is 2.42. The Hall–Kier alpha value is -4.50. The van der Waals surface area contributed by atoms with Crippen molar-refractivity contribution in [3.05, 3.63) is 89.1 Å². The van der Waals surface area contributed by atoms with Crippen LogP contribution in [0.15, 0.2) is 66.7 Å². The molecule has 4 N–H and O–H groups in total. The molecule has 38 heavy (non-hydrogen) atoms. The number of aromatic hydroxyl groups is 1. The zero-order chi connectivity index (χ0) is 26.8.